The number of amides is 1. The Labute approximate surface area is 155 Å². The molecule has 2 atom stereocenters. The Morgan fingerprint density at radius 2 is 1.46 bits per heavy atom. The molecule has 0 heterocycles. The largest absolute Gasteiger partial charge is 0.494 e. The Morgan fingerprint density at radius 3 is 1.96 bits per heavy atom. The number of ether oxygens (including phenoxy) is 2. The zero-order valence-corrected chi connectivity index (χ0v) is 16.0. The second-order valence-electron chi connectivity index (χ2n) is 6.27. The number of quaternary nitrogens is 1. The van der Waals surface area contributed by atoms with Crippen molar-refractivity contribution in [1.29, 1.82) is 0 Å². The summed E-state index contributed by atoms with van der Waals surface area (Å²) in [6, 6.07) is 15.3. The van der Waals surface area contributed by atoms with Crippen LogP contribution in [0.1, 0.15) is 26.3 Å². The van der Waals surface area contributed by atoms with Crippen molar-refractivity contribution in [2.24, 2.45) is 0 Å². The van der Waals surface area contributed by atoms with Crippen molar-refractivity contribution < 1.29 is 19.2 Å². The summed E-state index contributed by atoms with van der Waals surface area (Å²) in [5.41, 5.74) is 1.95. The molecule has 0 spiro atoms. The van der Waals surface area contributed by atoms with Crippen LogP contribution in [0.2, 0.25) is 0 Å². The summed E-state index contributed by atoms with van der Waals surface area (Å²) in [4.78, 5) is 13.6. The first kappa shape index (κ1) is 19.8. The maximum atomic E-state index is 12.5. The zero-order valence-electron chi connectivity index (χ0n) is 16.0. The van der Waals surface area contributed by atoms with E-state index in [1.807, 2.05) is 76.3 Å². The second-order valence-corrected chi connectivity index (χ2v) is 6.27. The lowest BCUT2D eigenvalue weighted by molar-refractivity contribution is -0.907. The van der Waals surface area contributed by atoms with Crippen molar-refractivity contribution in [3.05, 3.63) is 54.1 Å². The highest BCUT2D eigenvalue weighted by Gasteiger charge is 2.22. The van der Waals surface area contributed by atoms with E-state index in [0.29, 0.717) is 13.2 Å². The number of hydrogen-bond acceptors (Lipinski definition) is 3. The van der Waals surface area contributed by atoms with Crippen LogP contribution < -0.4 is 19.7 Å². The van der Waals surface area contributed by atoms with Crippen LogP contribution in [0.15, 0.2) is 48.5 Å². The first-order valence-electron chi connectivity index (χ1n) is 9.11. The number of rotatable bonds is 9. The minimum atomic E-state index is -0.173. The van der Waals surface area contributed by atoms with Crippen molar-refractivity contribution in [2.45, 2.75) is 33.4 Å². The normalized spacial score (nSPS) is 12.9. The van der Waals surface area contributed by atoms with Crippen LogP contribution in [-0.2, 0) is 11.3 Å². The summed E-state index contributed by atoms with van der Waals surface area (Å²) in [6.07, 6.45) is 0. The van der Waals surface area contributed by atoms with Gasteiger partial charge in [-0.05, 0) is 69.3 Å². The van der Waals surface area contributed by atoms with Gasteiger partial charge in [-0.25, -0.2) is 0 Å². The molecule has 0 saturated heterocycles. The van der Waals surface area contributed by atoms with Crippen LogP contribution in [0, 0.1) is 0 Å². The van der Waals surface area contributed by atoms with Gasteiger partial charge in [-0.2, -0.15) is 0 Å². The van der Waals surface area contributed by atoms with Gasteiger partial charge in [0, 0.05) is 11.3 Å². The minimum absolute atomic E-state index is 0.00223. The number of likely N-dealkylation sites (N-methyl/N-ethyl adjacent to an activating group) is 1. The van der Waals surface area contributed by atoms with Crippen molar-refractivity contribution in [3.63, 3.8) is 0 Å². The third-order valence-electron chi connectivity index (χ3n) is 4.28. The SMILES string of the molecule is CCOc1ccc(C[NH+](C)[C@H](C)C(=O)Nc2ccc(OCC)cc2)cc1. The van der Waals surface area contributed by atoms with Crippen molar-refractivity contribution in [1.82, 2.24) is 0 Å². The molecular formula is C21H29N2O3+. The molecule has 0 bridgehead atoms. The second kappa shape index (κ2) is 9.82. The van der Waals surface area contributed by atoms with Crippen molar-refractivity contribution >= 4 is 11.6 Å². The van der Waals surface area contributed by atoms with Crippen LogP contribution in [0.3, 0.4) is 0 Å². The molecule has 1 amide bonds. The van der Waals surface area contributed by atoms with E-state index in [0.717, 1.165) is 28.6 Å². The summed E-state index contributed by atoms with van der Waals surface area (Å²) in [5.74, 6) is 1.67. The monoisotopic (exact) mass is 357 g/mol. The highest BCUT2D eigenvalue weighted by Crippen LogP contribution is 2.15. The molecule has 0 aromatic heterocycles. The maximum absolute atomic E-state index is 12.5. The first-order valence-corrected chi connectivity index (χ1v) is 9.11. The molecule has 26 heavy (non-hydrogen) atoms. The molecule has 0 aliphatic carbocycles. The van der Waals surface area contributed by atoms with Gasteiger partial charge >= 0.3 is 0 Å². The quantitative estimate of drug-likeness (QED) is 0.725. The molecular weight excluding hydrogens is 328 g/mol. The fourth-order valence-electron chi connectivity index (χ4n) is 2.62. The first-order chi connectivity index (χ1) is 12.5. The Bertz CT molecular complexity index is 683. The molecule has 0 saturated carbocycles. The molecule has 2 aromatic carbocycles. The average molecular weight is 357 g/mol. The van der Waals surface area contributed by atoms with Crippen LogP contribution >= 0.6 is 0 Å². The predicted octanol–water partition coefficient (Wildman–Crippen LogP) is 2.53. The van der Waals surface area contributed by atoms with Crippen LogP contribution in [0.4, 0.5) is 5.69 Å². The summed E-state index contributed by atoms with van der Waals surface area (Å²) >= 11 is 0. The lowest BCUT2D eigenvalue weighted by atomic mass is 10.1. The number of carbonyl (C=O) groups is 1. The van der Waals surface area contributed by atoms with Crippen molar-refractivity contribution in [2.75, 3.05) is 25.6 Å². The predicted molar refractivity (Wildman–Crippen MR) is 104 cm³/mol. The Balaban J connectivity index is 1.89. The van der Waals surface area contributed by atoms with Crippen LogP contribution in [-0.4, -0.2) is 32.2 Å². The van der Waals surface area contributed by atoms with Gasteiger partial charge in [0.15, 0.2) is 6.04 Å². The molecule has 1 unspecified atom stereocenters. The Hall–Kier alpha value is -2.53. The molecule has 2 aromatic rings. The molecule has 2 rings (SSSR count). The van der Waals surface area contributed by atoms with E-state index in [1.165, 1.54) is 5.56 Å². The molecule has 5 heteroatoms. The highest BCUT2D eigenvalue weighted by molar-refractivity contribution is 5.93. The standard InChI is InChI=1S/C21H28N2O3/c1-5-25-19-11-7-17(8-12-19)15-23(4)16(3)21(24)22-18-9-13-20(14-10-18)26-6-2/h7-14,16H,5-6,15H2,1-4H3,(H,22,24)/p+1/t16-/m1/s1. The molecule has 0 aliphatic rings. The topological polar surface area (TPSA) is 52.0 Å². The summed E-state index contributed by atoms with van der Waals surface area (Å²) in [6.45, 7) is 7.91. The van der Waals surface area contributed by atoms with Crippen molar-refractivity contribution in [3.8, 4) is 11.5 Å². The Kier molecular flexibility index (Phi) is 7.48. The Morgan fingerprint density at radius 1 is 0.962 bits per heavy atom. The van der Waals surface area contributed by atoms with E-state index in [1.54, 1.807) is 0 Å². The molecule has 0 aliphatic heterocycles. The molecule has 5 nitrogen and oxygen atoms in total. The van der Waals surface area contributed by atoms with Gasteiger partial charge < -0.3 is 19.7 Å². The van der Waals surface area contributed by atoms with E-state index in [4.69, 9.17) is 9.47 Å². The smallest absolute Gasteiger partial charge is 0.282 e. The van der Waals surface area contributed by atoms with E-state index in [9.17, 15) is 4.79 Å². The van der Waals surface area contributed by atoms with Gasteiger partial charge in [-0.3, -0.25) is 4.79 Å². The number of benzene rings is 2. The number of anilines is 1. The molecule has 140 valence electrons. The number of carbonyl (C=O) groups excluding carboxylic acids is 1. The van der Waals surface area contributed by atoms with Gasteiger partial charge in [0.1, 0.15) is 18.0 Å². The minimum Gasteiger partial charge on any atom is -0.494 e. The van der Waals surface area contributed by atoms with Crippen LogP contribution in [0.25, 0.3) is 0 Å². The van der Waals surface area contributed by atoms with Gasteiger partial charge in [0.25, 0.3) is 5.91 Å². The molecule has 0 radical (unpaired) electrons. The third kappa shape index (κ3) is 5.77. The molecule has 0 fully saturated rings. The van der Waals surface area contributed by atoms with Gasteiger partial charge in [0.2, 0.25) is 0 Å². The third-order valence-corrected chi connectivity index (χ3v) is 4.28. The van der Waals surface area contributed by atoms with E-state index in [-0.39, 0.29) is 11.9 Å². The van der Waals surface area contributed by atoms with Crippen LogP contribution in [0.5, 0.6) is 11.5 Å². The zero-order chi connectivity index (χ0) is 18.9. The summed E-state index contributed by atoms with van der Waals surface area (Å²) in [7, 11) is 2.03. The lowest BCUT2D eigenvalue weighted by Crippen LogP contribution is -3.12. The van der Waals surface area contributed by atoms with Gasteiger partial charge in [-0.15, -0.1) is 0 Å². The molecule has 2 N–H and O–H groups in total. The van der Waals surface area contributed by atoms with E-state index >= 15 is 0 Å². The maximum Gasteiger partial charge on any atom is 0.282 e. The lowest BCUT2D eigenvalue weighted by Gasteiger charge is -2.21. The summed E-state index contributed by atoms with van der Waals surface area (Å²) in [5, 5.41) is 2.97. The fourth-order valence-corrected chi connectivity index (χ4v) is 2.62. The number of hydrogen-bond donors (Lipinski definition) is 2. The highest BCUT2D eigenvalue weighted by atomic mass is 16.5. The average Bonchev–Trinajstić information content (AvgIpc) is 2.64. The van der Waals surface area contributed by atoms with E-state index < -0.39 is 0 Å². The van der Waals surface area contributed by atoms with E-state index in [2.05, 4.69) is 5.32 Å². The number of nitrogens with one attached hydrogen (secondary N) is 2. The summed E-state index contributed by atoms with van der Waals surface area (Å²) < 4.78 is 10.9. The fraction of sp³-hybridized carbons (Fsp3) is 0.381. The van der Waals surface area contributed by atoms with Gasteiger partial charge in [0.05, 0.1) is 20.3 Å². The van der Waals surface area contributed by atoms with Gasteiger partial charge in [-0.1, -0.05) is 0 Å².